The molecule has 0 saturated carbocycles. The van der Waals surface area contributed by atoms with Crippen molar-refractivity contribution >= 4 is 15.9 Å². The first-order valence-electron chi connectivity index (χ1n) is 8.96. The van der Waals surface area contributed by atoms with Crippen LogP contribution in [0.25, 0.3) is 0 Å². The zero-order valence-corrected chi connectivity index (χ0v) is 15.7. The summed E-state index contributed by atoms with van der Waals surface area (Å²) in [5, 5.41) is 0. The normalized spacial score (nSPS) is 16.0. The van der Waals surface area contributed by atoms with E-state index in [2.05, 4.69) is 0 Å². The number of amides is 1. The van der Waals surface area contributed by atoms with Gasteiger partial charge in [0.1, 0.15) is 5.75 Å². The Hall–Kier alpha value is -1.60. The van der Waals surface area contributed by atoms with Crippen molar-refractivity contribution in [1.29, 1.82) is 0 Å². The van der Waals surface area contributed by atoms with Crippen LogP contribution >= 0.6 is 0 Å². The third-order valence-electron chi connectivity index (χ3n) is 4.29. The van der Waals surface area contributed by atoms with Crippen molar-refractivity contribution in [3.8, 4) is 5.75 Å². The van der Waals surface area contributed by atoms with Crippen LogP contribution in [0, 0.1) is 0 Å². The van der Waals surface area contributed by atoms with E-state index in [1.165, 1.54) is 4.31 Å². The van der Waals surface area contributed by atoms with Crippen LogP contribution in [0.2, 0.25) is 0 Å². The summed E-state index contributed by atoms with van der Waals surface area (Å²) in [6, 6.07) is 9.53. The number of unbranched alkanes of at least 4 members (excludes halogenated alkanes) is 1. The minimum absolute atomic E-state index is 0.0715. The number of benzene rings is 1. The number of rotatable bonds is 9. The van der Waals surface area contributed by atoms with Gasteiger partial charge in [0.15, 0.2) is 0 Å². The van der Waals surface area contributed by atoms with Crippen molar-refractivity contribution in [3.63, 3.8) is 0 Å². The number of sulfonamides is 1. The van der Waals surface area contributed by atoms with E-state index in [1.54, 1.807) is 4.90 Å². The van der Waals surface area contributed by atoms with E-state index in [4.69, 9.17) is 4.74 Å². The zero-order valence-electron chi connectivity index (χ0n) is 14.9. The average Bonchev–Trinajstić information content (AvgIpc) is 2.64. The first-order valence-corrected chi connectivity index (χ1v) is 10.6. The summed E-state index contributed by atoms with van der Waals surface area (Å²) < 4.78 is 31.4. The lowest BCUT2D eigenvalue weighted by molar-refractivity contribution is -0.132. The van der Waals surface area contributed by atoms with Crippen LogP contribution in [0.3, 0.4) is 0 Å². The maximum Gasteiger partial charge on any atom is 0.222 e. The minimum atomic E-state index is -3.17. The molecule has 1 aliphatic heterocycles. The third-order valence-corrected chi connectivity index (χ3v) is 6.24. The number of carbonyl (C=O) groups is 1. The molecule has 1 heterocycles. The van der Waals surface area contributed by atoms with Crippen molar-refractivity contribution in [2.75, 3.05) is 38.5 Å². The molecular formula is C18H28N2O4S. The summed E-state index contributed by atoms with van der Waals surface area (Å²) in [5.41, 5.74) is 0. The minimum Gasteiger partial charge on any atom is -0.494 e. The second-order valence-corrected chi connectivity index (χ2v) is 8.30. The van der Waals surface area contributed by atoms with Crippen LogP contribution in [0.15, 0.2) is 30.3 Å². The van der Waals surface area contributed by atoms with Gasteiger partial charge in [-0.05, 0) is 25.0 Å². The molecule has 0 aromatic heterocycles. The van der Waals surface area contributed by atoms with E-state index in [0.29, 0.717) is 52.0 Å². The number of nitrogens with zero attached hydrogens (tertiary/aromatic N) is 2. The van der Waals surface area contributed by atoms with Gasteiger partial charge in [-0.2, -0.15) is 4.31 Å². The molecule has 0 unspecified atom stereocenters. The van der Waals surface area contributed by atoms with E-state index < -0.39 is 10.0 Å². The molecule has 1 amide bonds. The Kier molecular flexibility index (Phi) is 7.71. The molecule has 140 valence electrons. The summed E-state index contributed by atoms with van der Waals surface area (Å²) in [4.78, 5) is 14.0. The van der Waals surface area contributed by atoms with Crippen LogP contribution in [0.5, 0.6) is 5.75 Å². The first-order chi connectivity index (χ1) is 12.0. The van der Waals surface area contributed by atoms with Crippen molar-refractivity contribution in [3.05, 3.63) is 30.3 Å². The Bertz CT molecular complexity index is 626. The summed E-state index contributed by atoms with van der Waals surface area (Å²) in [6.45, 7) is 4.23. The Labute approximate surface area is 150 Å². The first kappa shape index (κ1) is 19.7. The highest BCUT2D eigenvalue weighted by Gasteiger charge is 2.27. The van der Waals surface area contributed by atoms with E-state index in [1.807, 2.05) is 37.3 Å². The Balaban J connectivity index is 1.67. The molecule has 1 aromatic rings. The maximum absolute atomic E-state index is 12.2. The molecule has 6 nitrogen and oxygen atoms in total. The number of hydrogen-bond donors (Lipinski definition) is 0. The van der Waals surface area contributed by atoms with Crippen molar-refractivity contribution < 1.29 is 17.9 Å². The van der Waals surface area contributed by atoms with Gasteiger partial charge < -0.3 is 9.64 Å². The van der Waals surface area contributed by atoms with Gasteiger partial charge in [-0.15, -0.1) is 0 Å². The van der Waals surface area contributed by atoms with Gasteiger partial charge in [-0.3, -0.25) is 4.79 Å². The van der Waals surface area contributed by atoms with Crippen molar-refractivity contribution in [1.82, 2.24) is 9.21 Å². The van der Waals surface area contributed by atoms with Crippen molar-refractivity contribution in [2.24, 2.45) is 0 Å². The zero-order chi connectivity index (χ0) is 18.1. The Morgan fingerprint density at radius 1 is 1.08 bits per heavy atom. The second kappa shape index (κ2) is 9.77. The Morgan fingerprint density at radius 2 is 1.76 bits per heavy atom. The average molecular weight is 368 g/mol. The molecule has 2 rings (SSSR count). The fraction of sp³-hybridized carbons (Fsp3) is 0.611. The van der Waals surface area contributed by atoms with Gasteiger partial charge in [0, 0.05) is 32.6 Å². The topological polar surface area (TPSA) is 66.9 Å². The fourth-order valence-corrected chi connectivity index (χ4v) is 4.39. The van der Waals surface area contributed by atoms with Gasteiger partial charge in [0.05, 0.1) is 12.4 Å². The summed E-state index contributed by atoms with van der Waals surface area (Å²) in [6.07, 6.45) is 2.63. The molecule has 1 aromatic carbocycles. The second-order valence-electron chi connectivity index (χ2n) is 6.21. The molecule has 0 aliphatic carbocycles. The van der Waals surface area contributed by atoms with E-state index in [9.17, 15) is 13.2 Å². The summed E-state index contributed by atoms with van der Waals surface area (Å²) in [7, 11) is -3.17. The number of ether oxygens (including phenoxy) is 1. The number of para-hydroxylation sites is 1. The van der Waals surface area contributed by atoms with Gasteiger partial charge >= 0.3 is 0 Å². The molecule has 1 saturated heterocycles. The number of carbonyl (C=O) groups excluding carboxylic acids is 1. The van der Waals surface area contributed by atoms with E-state index in [0.717, 1.165) is 12.2 Å². The van der Waals surface area contributed by atoms with Crippen molar-refractivity contribution in [2.45, 2.75) is 32.6 Å². The SMILES string of the molecule is CCCCS(=O)(=O)N1CCN(C(=O)CCCOc2ccccc2)CC1. The van der Waals surface area contributed by atoms with Gasteiger partial charge in [0.2, 0.25) is 15.9 Å². The molecule has 25 heavy (non-hydrogen) atoms. The molecule has 1 aliphatic rings. The van der Waals surface area contributed by atoms with Crippen LogP contribution < -0.4 is 4.74 Å². The third kappa shape index (κ3) is 6.32. The highest BCUT2D eigenvalue weighted by molar-refractivity contribution is 7.89. The largest absolute Gasteiger partial charge is 0.494 e. The van der Waals surface area contributed by atoms with Gasteiger partial charge in [0.25, 0.3) is 0 Å². The summed E-state index contributed by atoms with van der Waals surface area (Å²) in [5.74, 6) is 1.08. The number of hydrogen-bond acceptors (Lipinski definition) is 4. The highest BCUT2D eigenvalue weighted by Crippen LogP contribution is 2.12. The molecular weight excluding hydrogens is 340 g/mol. The number of piperazine rings is 1. The molecule has 1 fully saturated rings. The lowest BCUT2D eigenvalue weighted by Crippen LogP contribution is -2.51. The van der Waals surface area contributed by atoms with E-state index >= 15 is 0 Å². The molecule has 0 N–H and O–H groups in total. The predicted molar refractivity (Wildman–Crippen MR) is 98.0 cm³/mol. The van der Waals surface area contributed by atoms with Gasteiger partial charge in [-0.25, -0.2) is 8.42 Å². The van der Waals surface area contributed by atoms with Crippen LogP contribution in [-0.2, 0) is 14.8 Å². The lowest BCUT2D eigenvalue weighted by atomic mass is 10.2. The summed E-state index contributed by atoms with van der Waals surface area (Å²) >= 11 is 0. The lowest BCUT2D eigenvalue weighted by Gasteiger charge is -2.34. The monoisotopic (exact) mass is 368 g/mol. The van der Waals surface area contributed by atoms with E-state index in [-0.39, 0.29) is 11.7 Å². The molecule has 0 spiro atoms. The molecule has 0 atom stereocenters. The van der Waals surface area contributed by atoms with Crippen LogP contribution in [0.4, 0.5) is 0 Å². The molecule has 7 heteroatoms. The molecule has 0 radical (unpaired) electrons. The van der Waals surface area contributed by atoms with Gasteiger partial charge in [-0.1, -0.05) is 31.5 Å². The quantitative estimate of drug-likeness (QED) is 0.626. The maximum atomic E-state index is 12.2. The smallest absolute Gasteiger partial charge is 0.222 e. The highest BCUT2D eigenvalue weighted by atomic mass is 32.2. The molecule has 0 bridgehead atoms. The standard InChI is InChI=1S/C18H28N2O4S/c1-2-3-16-25(22,23)20-13-11-19(12-14-20)18(21)10-7-15-24-17-8-5-4-6-9-17/h4-6,8-9H,2-3,7,10-16H2,1H3. The fourth-order valence-electron chi connectivity index (χ4n) is 2.76. The van der Waals surface area contributed by atoms with Crippen LogP contribution in [0.1, 0.15) is 32.6 Å². The Morgan fingerprint density at radius 3 is 2.40 bits per heavy atom. The predicted octanol–water partition coefficient (Wildman–Crippen LogP) is 2.12. The van der Waals surface area contributed by atoms with Crippen LogP contribution in [-0.4, -0.2) is 62.1 Å².